The Balaban J connectivity index is 2.65. The fraction of sp³-hybridized carbons (Fsp3) is 0.500. The number of carboxylic acid groups (broad SMARTS) is 1. The average Bonchev–Trinajstić information content (AvgIpc) is 2.44. The second-order valence-electron chi connectivity index (χ2n) is 3.05. The molecule has 0 amide bonds. The van der Waals surface area contributed by atoms with E-state index >= 15 is 0 Å². The van der Waals surface area contributed by atoms with Crippen LogP contribution < -0.4 is 5.73 Å². The number of nitrogens with two attached hydrogens (primary N) is 1. The molecule has 1 unspecified atom stereocenters. The minimum Gasteiger partial charge on any atom is -0.481 e. The minimum absolute atomic E-state index is 0.0719. The number of aromatic nitrogens is 2. The lowest BCUT2D eigenvalue weighted by atomic mass is 10.1. The van der Waals surface area contributed by atoms with E-state index in [4.69, 9.17) is 10.8 Å². The molecule has 1 rings (SSSR count). The van der Waals surface area contributed by atoms with Crippen LogP contribution in [-0.4, -0.2) is 20.9 Å². The van der Waals surface area contributed by atoms with Crippen molar-refractivity contribution in [3.05, 3.63) is 16.4 Å². The van der Waals surface area contributed by atoms with Gasteiger partial charge in [-0.3, -0.25) is 9.48 Å². The van der Waals surface area contributed by atoms with Gasteiger partial charge in [-0.15, -0.1) is 0 Å². The van der Waals surface area contributed by atoms with Gasteiger partial charge in [0.1, 0.15) is 4.60 Å². The van der Waals surface area contributed by atoms with Crippen molar-refractivity contribution >= 4 is 21.9 Å². The molecule has 1 aromatic rings. The van der Waals surface area contributed by atoms with Gasteiger partial charge in [0, 0.05) is 25.1 Å². The van der Waals surface area contributed by atoms with Gasteiger partial charge in [-0.25, -0.2) is 0 Å². The first-order valence-electron chi connectivity index (χ1n) is 4.17. The Morgan fingerprint density at radius 1 is 1.86 bits per heavy atom. The summed E-state index contributed by atoms with van der Waals surface area (Å²) in [5.74, 6) is -0.833. The Hall–Kier alpha value is -0.880. The third kappa shape index (κ3) is 2.55. The van der Waals surface area contributed by atoms with Gasteiger partial charge in [0.2, 0.25) is 0 Å². The molecule has 0 aliphatic rings. The van der Waals surface area contributed by atoms with E-state index < -0.39 is 5.97 Å². The largest absolute Gasteiger partial charge is 0.481 e. The van der Waals surface area contributed by atoms with Crippen LogP contribution in [0.15, 0.2) is 10.8 Å². The first-order chi connectivity index (χ1) is 6.52. The fourth-order valence-electron chi connectivity index (χ4n) is 1.12. The predicted molar refractivity (Wildman–Crippen MR) is 54.7 cm³/mol. The molecule has 0 radical (unpaired) electrons. The van der Waals surface area contributed by atoms with Crippen molar-refractivity contribution in [2.75, 3.05) is 0 Å². The molecule has 0 aliphatic heterocycles. The highest BCUT2D eigenvalue weighted by Crippen LogP contribution is 2.23. The first-order valence-corrected chi connectivity index (χ1v) is 4.96. The third-order valence-corrected chi connectivity index (χ3v) is 2.93. The molecule has 3 N–H and O–H groups in total. The Labute approximate surface area is 90.0 Å². The lowest BCUT2D eigenvalue weighted by molar-refractivity contribution is -0.137. The lowest BCUT2D eigenvalue weighted by Crippen LogP contribution is -2.12. The summed E-state index contributed by atoms with van der Waals surface area (Å²) in [6.07, 6.45) is 2.14. The molecule has 0 fully saturated rings. The number of hydrogen-bond donors (Lipinski definition) is 2. The van der Waals surface area contributed by atoms with Crippen LogP contribution in [0.4, 0.5) is 0 Å². The monoisotopic (exact) mass is 261 g/mol. The predicted octanol–water partition coefficient (Wildman–Crippen LogP) is 1.05. The van der Waals surface area contributed by atoms with Crippen LogP contribution in [0.3, 0.4) is 0 Å². The molecule has 0 spiro atoms. The van der Waals surface area contributed by atoms with Crippen molar-refractivity contribution in [2.24, 2.45) is 12.8 Å². The van der Waals surface area contributed by atoms with E-state index in [1.165, 1.54) is 0 Å². The SMILES string of the molecule is Cn1ncc(C(N)CCC(=O)O)c1Br. The maximum absolute atomic E-state index is 10.3. The van der Waals surface area contributed by atoms with E-state index in [-0.39, 0.29) is 12.5 Å². The van der Waals surface area contributed by atoms with Gasteiger partial charge in [-0.2, -0.15) is 5.10 Å². The summed E-state index contributed by atoms with van der Waals surface area (Å²) in [5, 5.41) is 12.5. The summed E-state index contributed by atoms with van der Waals surface area (Å²) in [4.78, 5) is 10.3. The molecule has 14 heavy (non-hydrogen) atoms. The van der Waals surface area contributed by atoms with E-state index in [1.807, 2.05) is 0 Å². The molecule has 1 heterocycles. The van der Waals surface area contributed by atoms with Gasteiger partial charge >= 0.3 is 5.97 Å². The third-order valence-electron chi connectivity index (χ3n) is 1.96. The van der Waals surface area contributed by atoms with Crippen molar-refractivity contribution < 1.29 is 9.90 Å². The van der Waals surface area contributed by atoms with Crippen molar-refractivity contribution in [3.63, 3.8) is 0 Å². The Bertz CT molecular complexity index is 337. The number of nitrogens with zero attached hydrogens (tertiary/aromatic N) is 2. The summed E-state index contributed by atoms with van der Waals surface area (Å²) in [6, 6.07) is -0.283. The van der Waals surface area contributed by atoms with Gasteiger partial charge in [0.25, 0.3) is 0 Å². The summed E-state index contributed by atoms with van der Waals surface area (Å²) in [5.41, 5.74) is 6.65. The van der Waals surface area contributed by atoms with Crippen LogP contribution in [0.1, 0.15) is 24.4 Å². The van der Waals surface area contributed by atoms with Gasteiger partial charge in [0.05, 0.1) is 6.20 Å². The van der Waals surface area contributed by atoms with Crippen LogP contribution in [0.2, 0.25) is 0 Å². The number of carbonyl (C=O) groups is 1. The summed E-state index contributed by atoms with van der Waals surface area (Å²) in [7, 11) is 1.79. The lowest BCUT2D eigenvalue weighted by Gasteiger charge is -2.08. The molecule has 5 nitrogen and oxygen atoms in total. The summed E-state index contributed by atoms with van der Waals surface area (Å²) in [6.45, 7) is 0. The second kappa shape index (κ2) is 4.56. The highest BCUT2D eigenvalue weighted by atomic mass is 79.9. The van der Waals surface area contributed by atoms with E-state index in [9.17, 15) is 4.79 Å². The molecule has 78 valence electrons. The van der Waals surface area contributed by atoms with Crippen molar-refractivity contribution in [3.8, 4) is 0 Å². The second-order valence-corrected chi connectivity index (χ2v) is 3.80. The van der Waals surface area contributed by atoms with E-state index in [0.29, 0.717) is 6.42 Å². The fourth-order valence-corrected chi connectivity index (χ4v) is 1.61. The number of rotatable bonds is 4. The van der Waals surface area contributed by atoms with Gasteiger partial charge in [-0.05, 0) is 22.4 Å². The molecule has 1 atom stereocenters. The van der Waals surface area contributed by atoms with Gasteiger partial charge in [0.15, 0.2) is 0 Å². The highest BCUT2D eigenvalue weighted by molar-refractivity contribution is 9.10. The zero-order chi connectivity index (χ0) is 10.7. The van der Waals surface area contributed by atoms with Gasteiger partial charge in [-0.1, -0.05) is 0 Å². The molecular weight excluding hydrogens is 250 g/mol. The Morgan fingerprint density at radius 2 is 2.50 bits per heavy atom. The standard InChI is InChI=1S/C8H12BrN3O2/c1-12-8(9)5(4-11-12)6(10)2-3-7(13)14/h4,6H,2-3,10H2,1H3,(H,13,14). The summed E-state index contributed by atoms with van der Waals surface area (Å²) >= 11 is 3.33. The number of halogens is 1. The van der Waals surface area contributed by atoms with Crippen LogP contribution in [0, 0.1) is 0 Å². The Morgan fingerprint density at radius 3 is 2.93 bits per heavy atom. The van der Waals surface area contributed by atoms with Crippen molar-refractivity contribution in [2.45, 2.75) is 18.9 Å². The van der Waals surface area contributed by atoms with E-state index in [1.54, 1.807) is 17.9 Å². The molecule has 1 aromatic heterocycles. The number of aryl methyl sites for hydroxylation is 1. The van der Waals surface area contributed by atoms with Crippen LogP contribution in [0.25, 0.3) is 0 Å². The maximum Gasteiger partial charge on any atom is 0.303 e. The first kappa shape index (κ1) is 11.2. The normalized spacial score (nSPS) is 12.8. The zero-order valence-corrected chi connectivity index (χ0v) is 9.36. The molecule has 0 aliphatic carbocycles. The molecule has 0 aromatic carbocycles. The van der Waals surface area contributed by atoms with Crippen LogP contribution >= 0.6 is 15.9 Å². The van der Waals surface area contributed by atoms with Crippen molar-refractivity contribution in [1.82, 2.24) is 9.78 Å². The van der Waals surface area contributed by atoms with Crippen LogP contribution in [-0.2, 0) is 11.8 Å². The number of carboxylic acids is 1. The van der Waals surface area contributed by atoms with E-state index in [2.05, 4.69) is 21.0 Å². The zero-order valence-electron chi connectivity index (χ0n) is 7.77. The molecule has 0 saturated carbocycles. The topological polar surface area (TPSA) is 81.1 Å². The quantitative estimate of drug-likeness (QED) is 0.849. The molecule has 0 bridgehead atoms. The highest BCUT2D eigenvalue weighted by Gasteiger charge is 2.14. The number of aliphatic carboxylic acids is 1. The summed E-state index contributed by atoms with van der Waals surface area (Å²) < 4.78 is 2.45. The average molecular weight is 262 g/mol. The van der Waals surface area contributed by atoms with Crippen molar-refractivity contribution in [1.29, 1.82) is 0 Å². The van der Waals surface area contributed by atoms with Crippen LogP contribution in [0.5, 0.6) is 0 Å². The minimum atomic E-state index is -0.833. The Kier molecular flexibility index (Phi) is 3.65. The maximum atomic E-state index is 10.3. The molecular formula is C8H12BrN3O2. The number of hydrogen-bond acceptors (Lipinski definition) is 3. The molecule has 0 saturated heterocycles. The van der Waals surface area contributed by atoms with Gasteiger partial charge < -0.3 is 10.8 Å². The van der Waals surface area contributed by atoms with E-state index in [0.717, 1.165) is 10.2 Å². The molecule has 6 heteroatoms. The smallest absolute Gasteiger partial charge is 0.303 e.